The van der Waals surface area contributed by atoms with Crippen LogP contribution in [-0.2, 0) is 11.4 Å². The number of carbonyl (C=O) groups is 1. The van der Waals surface area contributed by atoms with Crippen LogP contribution in [0.2, 0.25) is 0 Å². The van der Waals surface area contributed by atoms with Gasteiger partial charge in [0, 0.05) is 5.92 Å². The molecule has 0 radical (unpaired) electrons. The van der Waals surface area contributed by atoms with Gasteiger partial charge >= 0.3 is 0 Å². The maximum absolute atomic E-state index is 12.0. The Bertz CT molecular complexity index is 796. The number of benzene rings is 1. The van der Waals surface area contributed by atoms with Crippen molar-refractivity contribution >= 4 is 12.1 Å². The number of rotatable bonds is 6. The van der Waals surface area contributed by atoms with Crippen LogP contribution in [0.15, 0.2) is 45.9 Å². The number of amides is 1. The first-order chi connectivity index (χ1) is 12.7. The summed E-state index contributed by atoms with van der Waals surface area (Å²) in [5, 5.41) is 12.8. The summed E-state index contributed by atoms with van der Waals surface area (Å²) >= 11 is 0. The molecule has 1 heterocycles. The molecule has 6 heteroatoms. The molecule has 0 bridgehead atoms. The van der Waals surface area contributed by atoms with Gasteiger partial charge < -0.3 is 9.15 Å². The van der Waals surface area contributed by atoms with Gasteiger partial charge in [-0.15, -0.1) is 0 Å². The van der Waals surface area contributed by atoms with Crippen LogP contribution in [0, 0.1) is 17.2 Å². The second-order valence-corrected chi connectivity index (χ2v) is 6.30. The standard InChI is InChI=1S/C20H21N3O3/c21-12-15-6-8-17(9-7-15)25-14-19-11-10-18(26-19)13-22-23-20(24)16-4-2-1-3-5-16/h6-11,13,16H,1-5,14H2,(H,23,24). The van der Waals surface area contributed by atoms with Crippen molar-refractivity contribution < 1.29 is 13.9 Å². The van der Waals surface area contributed by atoms with Gasteiger partial charge in [0.05, 0.1) is 17.8 Å². The number of furan rings is 1. The third-order valence-corrected chi connectivity index (χ3v) is 4.39. The molecule has 26 heavy (non-hydrogen) atoms. The van der Waals surface area contributed by atoms with Crippen molar-refractivity contribution in [2.75, 3.05) is 0 Å². The SMILES string of the molecule is N#Cc1ccc(OCc2ccc(C=NNC(=O)C3CCCCC3)o2)cc1. The molecule has 3 rings (SSSR count). The van der Waals surface area contributed by atoms with E-state index in [4.69, 9.17) is 14.4 Å². The number of nitrogens with zero attached hydrogens (tertiary/aromatic N) is 2. The van der Waals surface area contributed by atoms with Crippen molar-refractivity contribution in [3.63, 3.8) is 0 Å². The first kappa shape index (κ1) is 17.7. The molecule has 1 aromatic carbocycles. The fourth-order valence-electron chi connectivity index (χ4n) is 2.94. The van der Waals surface area contributed by atoms with Crippen LogP contribution in [0.3, 0.4) is 0 Å². The van der Waals surface area contributed by atoms with Crippen molar-refractivity contribution in [1.29, 1.82) is 5.26 Å². The fourth-order valence-corrected chi connectivity index (χ4v) is 2.94. The number of carbonyl (C=O) groups excluding carboxylic acids is 1. The van der Waals surface area contributed by atoms with Gasteiger partial charge in [-0.25, -0.2) is 5.43 Å². The van der Waals surface area contributed by atoms with Gasteiger partial charge in [-0.1, -0.05) is 19.3 Å². The monoisotopic (exact) mass is 351 g/mol. The van der Waals surface area contributed by atoms with E-state index in [0.717, 1.165) is 25.7 Å². The molecule has 0 unspecified atom stereocenters. The lowest BCUT2D eigenvalue weighted by atomic mass is 9.89. The normalized spacial score (nSPS) is 14.9. The predicted molar refractivity (Wildman–Crippen MR) is 96.5 cm³/mol. The lowest BCUT2D eigenvalue weighted by Gasteiger charge is -2.19. The number of ether oxygens (including phenoxy) is 1. The molecule has 2 aromatic rings. The van der Waals surface area contributed by atoms with Gasteiger partial charge in [0.25, 0.3) is 0 Å². The quantitative estimate of drug-likeness (QED) is 0.634. The molecular weight excluding hydrogens is 330 g/mol. The summed E-state index contributed by atoms with van der Waals surface area (Å²) < 4.78 is 11.2. The van der Waals surface area contributed by atoms with E-state index < -0.39 is 0 Å². The van der Waals surface area contributed by atoms with Gasteiger partial charge in [0.1, 0.15) is 23.9 Å². The highest BCUT2D eigenvalue weighted by atomic mass is 16.5. The van der Waals surface area contributed by atoms with Gasteiger partial charge in [-0.3, -0.25) is 4.79 Å². The minimum atomic E-state index is -0.0168. The molecular formula is C20H21N3O3. The molecule has 134 valence electrons. The highest BCUT2D eigenvalue weighted by Gasteiger charge is 2.20. The molecule has 1 aliphatic rings. The van der Waals surface area contributed by atoms with E-state index in [1.54, 1.807) is 36.4 Å². The van der Waals surface area contributed by atoms with Gasteiger partial charge in [-0.05, 0) is 49.2 Å². The Hall–Kier alpha value is -3.07. The number of nitriles is 1. The van der Waals surface area contributed by atoms with Gasteiger partial charge in [-0.2, -0.15) is 10.4 Å². The second kappa shape index (κ2) is 8.86. The molecule has 0 atom stereocenters. The summed E-state index contributed by atoms with van der Waals surface area (Å²) in [5.41, 5.74) is 3.18. The summed E-state index contributed by atoms with van der Waals surface area (Å²) in [6, 6.07) is 12.5. The largest absolute Gasteiger partial charge is 0.486 e. The average Bonchev–Trinajstić information content (AvgIpc) is 3.15. The zero-order valence-corrected chi connectivity index (χ0v) is 14.5. The summed E-state index contributed by atoms with van der Waals surface area (Å²) in [7, 11) is 0. The fraction of sp³-hybridized carbons (Fsp3) is 0.350. The zero-order valence-electron chi connectivity index (χ0n) is 14.5. The Kier molecular flexibility index (Phi) is 6.05. The minimum Gasteiger partial charge on any atom is -0.486 e. The molecule has 1 N–H and O–H groups in total. The smallest absolute Gasteiger partial charge is 0.243 e. The van der Waals surface area contributed by atoms with Gasteiger partial charge in [0.15, 0.2) is 0 Å². The highest BCUT2D eigenvalue weighted by Crippen LogP contribution is 2.23. The molecule has 6 nitrogen and oxygen atoms in total. The summed E-state index contributed by atoms with van der Waals surface area (Å²) in [5.74, 6) is 1.92. The zero-order chi connectivity index (χ0) is 18.2. The topological polar surface area (TPSA) is 87.6 Å². The second-order valence-electron chi connectivity index (χ2n) is 6.30. The van der Waals surface area contributed by atoms with E-state index in [1.165, 1.54) is 12.6 Å². The molecule has 0 spiro atoms. The predicted octanol–water partition coefficient (Wildman–Crippen LogP) is 3.76. The summed E-state index contributed by atoms with van der Waals surface area (Å²) in [4.78, 5) is 12.0. The van der Waals surface area contributed by atoms with E-state index in [1.807, 2.05) is 0 Å². The van der Waals surface area contributed by atoms with E-state index in [2.05, 4.69) is 16.6 Å². The van der Waals surface area contributed by atoms with Crippen LogP contribution in [0.1, 0.15) is 49.2 Å². The maximum atomic E-state index is 12.0. The summed E-state index contributed by atoms with van der Waals surface area (Å²) in [6.07, 6.45) is 6.82. The molecule has 1 aromatic heterocycles. The lowest BCUT2D eigenvalue weighted by molar-refractivity contribution is -0.125. The maximum Gasteiger partial charge on any atom is 0.243 e. The van der Waals surface area contributed by atoms with Crippen LogP contribution in [0.5, 0.6) is 5.75 Å². The molecule has 1 fully saturated rings. The average molecular weight is 351 g/mol. The van der Waals surface area contributed by atoms with Crippen molar-refractivity contribution in [2.24, 2.45) is 11.0 Å². The van der Waals surface area contributed by atoms with Crippen molar-refractivity contribution in [2.45, 2.75) is 38.7 Å². The molecule has 1 aliphatic carbocycles. The van der Waals surface area contributed by atoms with Crippen molar-refractivity contribution in [1.82, 2.24) is 5.43 Å². The highest BCUT2D eigenvalue weighted by molar-refractivity contribution is 5.81. The van der Waals surface area contributed by atoms with Crippen molar-refractivity contribution in [3.8, 4) is 11.8 Å². The van der Waals surface area contributed by atoms with E-state index >= 15 is 0 Å². The molecule has 1 saturated carbocycles. The third-order valence-electron chi connectivity index (χ3n) is 4.39. The number of hydrazone groups is 1. The molecule has 0 saturated heterocycles. The van der Waals surface area contributed by atoms with Crippen LogP contribution < -0.4 is 10.2 Å². The Morgan fingerprint density at radius 1 is 1.23 bits per heavy atom. The first-order valence-electron chi connectivity index (χ1n) is 8.79. The Morgan fingerprint density at radius 3 is 2.73 bits per heavy atom. The van der Waals surface area contributed by atoms with Gasteiger partial charge in [0.2, 0.25) is 5.91 Å². The van der Waals surface area contributed by atoms with Crippen LogP contribution in [-0.4, -0.2) is 12.1 Å². The van der Waals surface area contributed by atoms with Crippen LogP contribution in [0.4, 0.5) is 0 Å². The Morgan fingerprint density at radius 2 is 2.00 bits per heavy atom. The Balaban J connectivity index is 1.46. The van der Waals surface area contributed by atoms with E-state index in [0.29, 0.717) is 22.8 Å². The first-order valence-corrected chi connectivity index (χ1v) is 8.79. The molecule has 0 aliphatic heterocycles. The van der Waals surface area contributed by atoms with Crippen LogP contribution in [0.25, 0.3) is 0 Å². The van der Waals surface area contributed by atoms with Crippen molar-refractivity contribution in [3.05, 3.63) is 53.5 Å². The minimum absolute atomic E-state index is 0.0168. The lowest BCUT2D eigenvalue weighted by Crippen LogP contribution is -2.28. The number of nitrogens with one attached hydrogen (secondary N) is 1. The van der Waals surface area contributed by atoms with E-state index in [9.17, 15) is 4.79 Å². The number of hydrogen-bond donors (Lipinski definition) is 1. The third kappa shape index (κ3) is 4.96. The summed E-state index contributed by atoms with van der Waals surface area (Å²) in [6.45, 7) is 0.272. The Labute approximate surface area is 152 Å². The molecule has 1 amide bonds. The number of hydrogen-bond acceptors (Lipinski definition) is 5. The van der Waals surface area contributed by atoms with Crippen LogP contribution >= 0.6 is 0 Å². The van der Waals surface area contributed by atoms with E-state index in [-0.39, 0.29) is 18.4 Å².